The van der Waals surface area contributed by atoms with E-state index in [1.54, 1.807) is 18.3 Å². The molecule has 0 aliphatic rings. The number of nitrogens with zero attached hydrogens (tertiary/aromatic N) is 2. The summed E-state index contributed by atoms with van der Waals surface area (Å²) in [7, 11) is 0. The molecule has 0 atom stereocenters. The number of amides is 1. The second-order valence-corrected chi connectivity index (χ2v) is 6.59. The number of hydrogen-bond donors (Lipinski definition) is 1. The van der Waals surface area contributed by atoms with Crippen molar-refractivity contribution in [1.29, 1.82) is 0 Å². The Morgan fingerprint density at radius 1 is 1.15 bits per heavy atom. The van der Waals surface area contributed by atoms with Crippen molar-refractivity contribution in [2.24, 2.45) is 5.10 Å². The quantitative estimate of drug-likeness (QED) is 0.399. The summed E-state index contributed by atoms with van der Waals surface area (Å²) in [5.41, 5.74) is 4.96. The number of hydrogen-bond acceptors (Lipinski definition) is 4. The van der Waals surface area contributed by atoms with Gasteiger partial charge in [-0.15, -0.1) is 11.8 Å². The third kappa shape index (κ3) is 4.46. The summed E-state index contributed by atoms with van der Waals surface area (Å²) < 4.78 is 13.0. The fourth-order valence-corrected chi connectivity index (χ4v) is 3.32. The average molecular weight is 367 g/mol. The van der Waals surface area contributed by atoms with Crippen molar-refractivity contribution in [1.82, 2.24) is 10.4 Å². The van der Waals surface area contributed by atoms with Gasteiger partial charge in [0, 0.05) is 16.5 Å². The summed E-state index contributed by atoms with van der Waals surface area (Å²) in [4.78, 5) is 17.5. The van der Waals surface area contributed by atoms with Crippen LogP contribution < -0.4 is 5.43 Å². The van der Waals surface area contributed by atoms with E-state index >= 15 is 0 Å². The minimum atomic E-state index is -0.298. The van der Waals surface area contributed by atoms with Crippen molar-refractivity contribution in [2.75, 3.05) is 5.75 Å². The third-order valence-electron chi connectivity index (χ3n) is 3.78. The van der Waals surface area contributed by atoms with E-state index in [9.17, 15) is 9.18 Å². The van der Waals surface area contributed by atoms with Crippen LogP contribution in [0.25, 0.3) is 10.9 Å². The predicted molar refractivity (Wildman–Crippen MR) is 104 cm³/mol. The number of rotatable bonds is 6. The van der Waals surface area contributed by atoms with E-state index in [0.29, 0.717) is 12.1 Å². The molecule has 6 heteroatoms. The number of fused-ring (bicyclic) bond motifs is 1. The monoisotopic (exact) mass is 367 g/mol. The summed E-state index contributed by atoms with van der Waals surface area (Å²) in [6.45, 7) is 1.94. The molecule has 132 valence electrons. The zero-order chi connectivity index (χ0) is 18.4. The maximum absolute atomic E-state index is 13.0. The minimum absolute atomic E-state index is 0.198. The number of halogens is 1. The number of benzene rings is 2. The highest BCUT2D eigenvalue weighted by atomic mass is 32.2. The van der Waals surface area contributed by atoms with Crippen molar-refractivity contribution in [3.63, 3.8) is 0 Å². The lowest BCUT2D eigenvalue weighted by Gasteiger charge is -2.06. The van der Waals surface area contributed by atoms with Crippen LogP contribution in [0.1, 0.15) is 18.9 Å². The normalized spacial score (nSPS) is 11.5. The van der Waals surface area contributed by atoms with E-state index in [0.717, 1.165) is 21.4 Å². The number of para-hydroxylation sites is 1. The van der Waals surface area contributed by atoms with Gasteiger partial charge in [-0.3, -0.25) is 9.78 Å². The Bertz CT molecular complexity index is 936. The molecule has 3 rings (SSSR count). The Labute approximate surface area is 155 Å². The summed E-state index contributed by atoms with van der Waals surface area (Å²) in [6.07, 6.45) is 2.37. The van der Waals surface area contributed by atoms with Crippen LogP contribution in [0.3, 0.4) is 0 Å². The van der Waals surface area contributed by atoms with Gasteiger partial charge in [-0.05, 0) is 36.2 Å². The van der Waals surface area contributed by atoms with E-state index in [1.807, 2.05) is 37.3 Å². The van der Waals surface area contributed by atoms with Crippen LogP contribution in [0.4, 0.5) is 4.39 Å². The Morgan fingerprint density at radius 3 is 2.69 bits per heavy atom. The van der Waals surface area contributed by atoms with Gasteiger partial charge in [0.1, 0.15) is 5.82 Å². The lowest BCUT2D eigenvalue weighted by molar-refractivity contribution is -0.118. The average Bonchev–Trinajstić information content (AvgIpc) is 2.68. The maximum Gasteiger partial charge on any atom is 0.250 e. The lowest BCUT2D eigenvalue weighted by atomic mass is 10.1. The molecule has 0 saturated carbocycles. The van der Waals surface area contributed by atoms with Crippen molar-refractivity contribution in [3.05, 3.63) is 72.2 Å². The molecule has 1 heterocycles. The molecule has 0 spiro atoms. The molecule has 4 nitrogen and oxygen atoms in total. The SMILES string of the molecule is CC/C(=N/NC(=O)CSc1cccc2cccnc12)c1ccc(F)cc1. The van der Waals surface area contributed by atoms with Gasteiger partial charge < -0.3 is 0 Å². The van der Waals surface area contributed by atoms with Gasteiger partial charge in [-0.2, -0.15) is 5.10 Å². The maximum atomic E-state index is 13.0. The largest absolute Gasteiger partial charge is 0.272 e. The van der Waals surface area contributed by atoms with Crippen LogP contribution in [0, 0.1) is 5.82 Å². The van der Waals surface area contributed by atoms with Gasteiger partial charge in [0.15, 0.2) is 0 Å². The van der Waals surface area contributed by atoms with Crippen LogP contribution in [-0.2, 0) is 4.79 Å². The van der Waals surface area contributed by atoms with E-state index in [-0.39, 0.29) is 17.5 Å². The molecule has 26 heavy (non-hydrogen) atoms. The predicted octanol–water partition coefficient (Wildman–Crippen LogP) is 4.40. The van der Waals surface area contributed by atoms with Crippen molar-refractivity contribution in [2.45, 2.75) is 18.2 Å². The highest BCUT2D eigenvalue weighted by molar-refractivity contribution is 8.00. The number of pyridine rings is 1. The first-order chi connectivity index (χ1) is 12.7. The molecule has 1 amide bonds. The number of nitrogens with one attached hydrogen (secondary N) is 1. The second kappa shape index (κ2) is 8.58. The second-order valence-electron chi connectivity index (χ2n) is 5.57. The zero-order valence-electron chi connectivity index (χ0n) is 14.3. The topological polar surface area (TPSA) is 54.4 Å². The first-order valence-electron chi connectivity index (χ1n) is 8.25. The Kier molecular flexibility index (Phi) is 5.96. The van der Waals surface area contributed by atoms with E-state index in [4.69, 9.17) is 0 Å². The molecule has 3 aromatic rings. The molecular formula is C20H18FN3OS. The number of hydrazone groups is 1. The van der Waals surface area contributed by atoms with Gasteiger partial charge in [-0.25, -0.2) is 9.82 Å². The summed E-state index contributed by atoms with van der Waals surface area (Å²) >= 11 is 1.42. The molecule has 0 aliphatic carbocycles. The molecule has 1 N–H and O–H groups in total. The standard InChI is InChI=1S/C20H18FN3OS/c1-2-17(14-8-10-16(21)11-9-14)23-24-19(25)13-26-18-7-3-5-15-6-4-12-22-20(15)18/h3-12H,2,13H2,1H3,(H,24,25)/b23-17-. The highest BCUT2D eigenvalue weighted by Crippen LogP contribution is 2.25. The summed E-state index contributed by atoms with van der Waals surface area (Å²) in [6, 6.07) is 15.8. The van der Waals surface area contributed by atoms with Gasteiger partial charge in [0.25, 0.3) is 0 Å². The number of carbonyl (C=O) groups is 1. The molecule has 0 unspecified atom stereocenters. The van der Waals surface area contributed by atoms with Crippen LogP contribution in [0.2, 0.25) is 0 Å². The Hall–Kier alpha value is -2.73. The summed E-state index contributed by atoms with van der Waals surface area (Å²) in [5, 5.41) is 5.22. The fraction of sp³-hybridized carbons (Fsp3) is 0.150. The molecule has 0 saturated heterocycles. The van der Waals surface area contributed by atoms with Crippen LogP contribution in [0.5, 0.6) is 0 Å². The molecule has 0 bridgehead atoms. The number of carbonyl (C=O) groups excluding carboxylic acids is 1. The number of aromatic nitrogens is 1. The van der Waals surface area contributed by atoms with E-state index in [2.05, 4.69) is 15.5 Å². The molecule has 0 aliphatic heterocycles. The van der Waals surface area contributed by atoms with Gasteiger partial charge in [0.05, 0.1) is 17.0 Å². The zero-order valence-corrected chi connectivity index (χ0v) is 15.1. The molecule has 2 aromatic carbocycles. The highest BCUT2D eigenvalue weighted by Gasteiger charge is 2.07. The van der Waals surface area contributed by atoms with Crippen molar-refractivity contribution in [3.8, 4) is 0 Å². The van der Waals surface area contributed by atoms with Crippen LogP contribution in [-0.4, -0.2) is 22.4 Å². The van der Waals surface area contributed by atoms with Crippen LogP contribution in [0.15, 0.2) is 70.8 Å². The van der Waals surface area contributed by atoms with Gasteiger partial charge in [-0.1, -0.05) is 37.3 Å². The molecule has 0 fully saturated rings. The van der Waals surface area contributed by atoms with Gasteiger partial charge in [0.2, 0.25) is 5.91 Å². The lowest BCUT2D eigenvalue weighted by Crippen LogP contribution is -2.21. The molecular weight excluding hydrogens is 349 g/mol. The smallest absolute Gasteiger partial charge is 0.250 e. The van der Waals surface area contributed by atoms with E-state index in [1.165, 1.54) is 23.9 Å². The third-order valence-corrected chi connectivity index (χ3v) is 4.83. The first-order valence-corrected chi connectivity index (χ1v) is 9.24. The Balaban J connectivity index is 1.64. The van der Waals surface area contributed by atoms with E-state index < -0.39 is 0 Å². The minimum Gasteiger partial charge on any atom is -0.272 e. The fourth-order valence-electron chi connectivity index (χ4n) is 2.49. The number of thioether (sulfide) groups is 1. The molecule has 1 aromatic heterocycles. The Morgan fingerprint density at radius 2 is 1.92 bits per heavy atom. The van der Waals surface area contributed by atoms with Crippen molar-refractivity contribution >= 4 is 34.3 Å². The van der Waals surface area contributed by atoms with Crippen LogP contribution >= 0.6 is 11.8 Å². The van der Waals surface area contributed by atoms with Gasteiger partial charge >= 0.3 is 0 Å². The first kappa shape index (κ1) is 18.1. The van der Waals surface area contributed by atoms with Crippen molar-refractivity contribution < 1.29 is 9.18 Å². The summed E-state index contributed by atoms with van der Waals surface area (Å²) in [5.74, 6) is -0.260. The molecule has 0 radical (unpaired) electrons.